The van der Waals surface area contributed by atoms with Gasteiger partial charge in [0.2, 0.25) is 0 Å². The lowest BCUT2D eigenvalue weighted by Gasteiger charge is -2.38. The Morgan fingerprint density at radius 1 is 0.905 bits per heavy atom. The van der Waals surface area contributed by atoms with Crippen molar-refractivity contribution in [3.8, 4) is 5.75 Å². The van der Waals surface area contributed by atoms with Crippen LogP contribution in [0.5, 0.6) is 5.75 Å². The number of ether oxygens (including phenoxy) is 6. The summed E-state index contributed by atoms with van der Waals surface area (Å²) in [7, 11) is 0. The Hall–Kier alpha value is -2.00. The highest BCUT2D eigenvalue weighted by Crippen LogP contribution is 2.51. The standard InChI is InChI=1S/C35H46O7/c1-24(37-19-15-25-10-4-2-5-11-25)39-28-14-8-12-26(20-28)27-13-9-18-35(22-27)38-23-31(41-35)29-21-30-33(32(29)36)42-34(40-30)16-6-3-7-17-34/h2,4-5,8,10-12,14,20,24,27,29-33,36H,3,6-7,9,13,15-19,21-23H2,1H3/t24?,27?,29-,30+,31?,32+,33+,35?/m1/s1. The third kappa shape index (κ3) is 6.01. The van der Waals surface area contributed by atoms with Crippen LogP contribution in [0.25, 0.3) is 0 Å². The largest absolute Gasteiger partial charge is 0.465 e. The second-order valence-corrected chi connectivity index (χ2v) is 13.1. The predicted molar refractivity (Wildman–Crippen MR) is 157 cm³/mol. The number of rotatable bonds is 8. The topological polar surface area (TPSA) is 75.6 Å². The number of hydrogen-bond acceptors (Lipinski definition) is 7. The molecule has 0 bridgehead atoms. The van der Waals surface area contributed by atoms with E-state index in [0.29, 0.717) is 19.1 Å². The summed E-state index contributed by atoms with van der Waals surface area (Å²) in [5.41, 5.74) is 2.50. The van der Waals surface area contributed by atoms with Crippen molar-refractivity contribution in [1.29, 1.82) is 0 Å². The fraction of sp³-hybridized carbons (Fsp3) is 0.657. The second-order valence-electron chi connectivity index (χ2n) is 13.1. The average Bonchev–Trinajstić information content (AvgIpc) is 3.66. The van der Waals surface area contributed by atoms with E-state index in [1.54, 1.807) is 0 Å². The molecule has 5 fully saturated rings. The molecule has 0 radical (unpaired) electrons. The predicted octanol–water partition coefficient (Wildman–Crippen LogP) is 6.27. The molecule has 2 aromatic rings. The summed E-state index contributed by atoms with van der Waals surface area (Å²) >= 11 is 0. The van der Waals surface area contributed by atoms with Crippen LogP contribution >= 0.6 is 0 Å². The molecule has 2 aromatic carbocycles. The van der Waals surface area contributed by atoms with E-state index in [2.05, 4.69) is 42.5 Å². The maximum atomic E-state index is 11.3. The van der Waals surface area contributed by atoms with Gasteiger partial charge in [-0.25, -0.2) is 0 Å². The van der Waals surface area contributed by atoms with Crippen LogP contribution in [0.1, 0.15) is 88.2 Å². The molecule has 2 saturated heterocycles. The summed E-state index contributed by atoms with van der Waals surface area (Å²) in [6.07, 6.45) is 9.50. The maximum Gasteiger partial charge on any atom is 0.196 e. The summed E-state index contributed by atoms with van der Waals surface area (Å²) in [4.78, 5) is 0. The molecule has 8 atom stereocenters. The third-order valence-electron chi connectivity index (χ3n) is 10.2. The quantitative estimate of drug-likeness (QED) is 0.370. The van der Waals surface area contributed by atoms with Gasteiger partial charge in [0.25, 0.3) is 0 Å². The molecule has 7 rings (SSSR count). The van der Waals surface area contributed by atoms with Gasteiger partial charge in [-0.15, -0.1) is 0 Å². The number of aliphatic hydroxyl groups excluding tert-OH is 1. The van der Waals surface area contributed by atoms with E-state index >= 15 is 0 Å². The van der Waals surface area contributed by atoms with Gasteiger partial charge in [0.1, 0.15) is 11.9 Å². The number of benzene rings is 2. The highest BCUT2D eigenvalue weighted by Gasteiger charge is 2.59. The van der Waals surface area contributed by atoms with Crippen molar-refractivity contribution in [3.63, 3.8) is 0 Å². The molecule has 7 heteroatoms. The smallest absolute Gasteiger partial charge is 0.196 e. The monoisotopic (exact) mass is 578 g/mol. The first-order chi connectivity index (χ1) is 20.5. The average molecular weight is 579 g/mol. The van der Waals surface area contributed by atoms with Crippen molar-refractivity contribution in [2.24, 2.45) is 5.92 Å². The zero-order chi connectivity index (χ0) is 28.6. The Labute approximate surface area is 249 Å². The van der Waals surface area contributed by atoms with Gasteiger partial charge in [-0.1, -0.05) is 48.9 Å². The van der Waals surface area contributed by atoms with Crippen LogP contribution in [0, 0.1) is 5.92 Å². The first-order valence-electron chi connectivity index (χ1n) is 16.3. The van der Waals surface area contributed by atoms with Gasteiger partial charge in [-0.05, 0) is 74.6 Å². The van der Waals surface area contributed by atoms with Crippen molar-refractivity contribution in [2.45, 2.75) is 126 Å². The fourth-order valence-electron chi connectivity index (χ4n) is 8.08. The van der Waals surface area contributed by atoms with Gasteiger partial charge < -0.3 is 33.5 Å². The van der Waals surface area contributed by atoms with Crippen molar-refractivity contribution >= 4 is 0 Å². The lowest BCUT2D eigenvalue weighted by Crippen LogP contribution is -2.41. The van der Waals surface area contributed by atoms with Gasteiger partial charge in [0.15, 0.2) is 17.9 Å². The number of hydrogen-bond donors (Lipinski definition) is 1. The Kier molecular flexibility index (Phi) is 8.34. The minimum Gasteiger partial charge on any atom is -0.465 e. The van der Waals surface area contributed by atoms with Gasteiger partial charge >= 0.3 is 0 Å². The van der Waals surface area contributed by atoms with E-state index in [0.717, 1.165) is 70.0 Å². The molecule has 2 spiro atoms. The normalized spacial score (nSPS) is 36.3. The summed E-state index contributed by atoms with van der Waals surface area (Å²) in [5.74, 6) is 0.0557. The van der Waals surface area contributed by atoms with Crippen molar-refractivity contribution in [3.05, 3.63) is 65.7 Å². The van der Waals surface area contributed by atoms with E-state index in [4.69, 9.17) is 28.4 Å². The Bertz CT molecular complexity index is 1180. The van der Waals surface area contributed by atoms with Crippen LogP contribution in [0.3, 0.4) is 0 Å². The van der Waals surface area contributed by atoms with E-state index in [-0.39, 0.29) is 30.5 Å². The lowest BCUT2D eigenvalue weighted by molar-refractivity contribution is -0.220. The molecule has 2 heterocycles. The highest BCUT2D eigenvalue weighted by molar-refractivity contribution is 5.31. The van der Waals surface area contributed by atoms with Crippen molar-refractivity contribution in [2.75, 3.05) is 13.2 Å². The molecular formula is C35H46O7. The van der Waals surface area contributed by atoms with Crippen molar-refractivity contribution in [1.82, 2.24) is 0 Å². The van der Waals surface area contributed by atoms with E-state index in [1.807, 2.05) is 19.1 Å². The van der Waals surface area contributed by atoms with Crippen LogP contribution in [-0.4, -0.2) is 60.6 Å². The molecule has 42 heavy (non-hydrogen) atoms. The van der Waals surface area contributed by atoms with Crippen LogP contribution in [0.15, 0.2) is 54.6 Å². The van der Waals surface area contributed by atoms with Gasteiger partial charge in [0.05, 0.1) is 31.5 Å². The Morgan fingerprint density at radius 2 is 1.71 bits per heavy atom. The molecule has 3 saturated carbocycles. The molecule has 5 aliphatic rings. The molecule has 0 aromatic heterocycles. The molecule has 3 aliphatic carbocycles. The number of fused-ring (bicyclic) bond motifs is 1. The van der Waals surface area contributed by atoms with E-state index < -0.39 is 17.7 Å². The minimum atomic E-state index is -0.595. The van der Waals surface area contributed by atoms with E-state index in [9.17, 15) is 5.11 Å². The zero-order valence-corrected chi connectivity index (χ0v) is 24.8. The SMILES string of the molecule is CC(OCCc1ccccc1)Oc1cccc(C2CCCC3(C2)OCC([C@H]2C[C@@H]4OC5(CCCCC5)O[C@@H]4[C@H]2O)O3)c1. The van der Waals surface area contributed by atoms with E-state index in [1.165, 1.54) is 17.5 Å². The van der Waals surface area contributed by atoms with Crippen LogP contribution in [0.4, 0.5) is 0 Å². The Morgan fingerprint density at radius 3 is 2.55 bits per heavy atom. The highest BCUT2D eigenvalue weighted by atomic mass is 16.8. The third-order valence-corrected chi connectivity index (χ3v) is 10.2. The summed E-state index contributed by atoms with van der Waals surface area (Å²) in [5, 5.41) is 11.3. The first-order valence-corrected chi connectivity index (χ1v) is 16.3. The molecule has 4 unspecified atom stereocenters. The molecule has 228 valence electrons. The maximum absolute atomic E-state index is 11.3. The molecule has 2 aliphatic heterocycles. The minimum absolute atomic E-state index is 0.0270. The fourth-order valence-corrected chi connectivity index (χ4v) is 8.08. The molecular weight excluding hydrogens is 532 g/mol. The van der Waals surface area contributed by atoms with Crippen molar-refractivity contribution < 1.29 is 33.5 Å². The van der Waals surface area contributed by atoms with Crippen LogP contribution < -0.4 is 4.74 Å². The Balaban J connectivity index is 0.929. The van der Waals surface area contributed by atoms with Crippen LogP contribution in [-0.2, 0) is 30.1 Å². The van der Waals surface area contributed by atoms with Gasteiger partial charge in [-0.2, -0.15) is 0 Å². The summed E-state index contributed by atoms with van der Waals surface area (Å²) in [6.45, 7) is 3.08. The number of aliphatic hydroxyl groups is 1. The van der Waals surface area contributed by atoms with Crippen LogP contribution in [0.2, 0.25) is 0 Å². The molecule has 1 N–H and O–H groups in total. The van der Waals surface area contributed by atoms with Gasteiger partial charge in [-0.3, -0.25) is 0 Å². The summed E-state index contributed by atoms with van der Waals surface area (Å²) in [6, 6.07) is 18.8. The van der Waals surface area contributed by atoms with Gasteiger partial charge in [0, 0.05) is 31.6 Å². The lowest BCUT2D eigenvalue weighted by atomic mass is 9.80. The molecule has 0 amide bonds. The first kappa shape index (κ1) is 28.8. The second kappa shape index (κ2) is 12.2. The zero-order valence-electron chi connectivity index (χ0n) is 24.8. The molecule has 7 nitrogen and oxygen atoms in total. The summed E-state index contributed by atoms with van der Waals surface area (Å²) < 4.78 is 38.1.